The van der Waals surface area contributed by atoms with Gasteiger partial charge in [0.15, 0.2) is 0 Å². The molecule has 0 spiro atoms. The molecule has 0 bridgehead atoms. The van der Waals surface area contributed by atoms with E-state index in [2.05, 4.69) is 10.6 Å². The molecular formula is C15H19FN2O3. The fourth-order valence-corrected chi connectivity index (χ4v) is 2.79. The Labute approximate surface area is 122 Å². The number of amides is 2. The van der Waals surface area contributed by atoms with Gasteiger partial charge in [0, 0.05) is 6.04 Å². The number of urea groups is 1. The van der Waals surface area contributed by atoms with E-state index in [9.17, 15) is 14.0 Å². The Balaban J connectivity index is 2.02. The third-order valence-electron chi connectivity index (χ3n) is 3.94. The second kappa shape index (κ2) is 6.56. The summed E-state index contributed by atoms with van der Waals surface area (Å²) in [4.78, 5) is 23.0. The molecule has 0 saturated heterocycles. The Morgan fingerprint density at radius 2 is 2.00 bits per heavy atom. The van der Waals surface area contributed by atoms with Gasteiger partial charge >= 0.3 is 12.0 Å². The third-order valence-corrected chi connectivity index (χ3v) is 3.94. The van der Waals surface area contributed by atoms with Crippen LogP contribution < -0.4 is 10.6 Å². The summed E-state index contributed by atoms with van der Waals surface area (Å²) in [5, 5.41) is 14.2. The van der Waals surface area contributed by atoms with E-state index in [1.54, 1.807) is 0 Å². The lowest BCUT2D eigenvalue weighted by Gasteiger charge is -2.21. The fourth-order valence-electron chi connectivity index (χ4n) is 2.79. The Bertz CT molecular complexity index is 542. The Morgan fingerprint density at radius 3 is 2.62 bits per heavy atom. The number of hydrogen-bond acceptors (Lipinski definition) is 2. The lowest BCUT2D eigenvalue weighted by Crippen LogP contribution is -2.40. The summed E-state index contributed by atoms with van der Waals surface area (Å²) in [6.45, 7) is 1.93. The van der Waals surface area contributed by atoms with Crippen LogP contribution in [0.5, 0.6) is 0 Å². The maximum atomic E-state index is 13.5. The fraction of sp³-hybridized carbons (Fsp3) is 0.467. The van der Waals surface area contributed by atoms with Crippen LogP contribution in [0.1, 0.15) is 43.0 Å². The molecule has 2 amide bonds. The van der Waals surface area contributed by atoms with Crippen LogP contribution >= 0.6 is 0 Å². The van der Waals surface area contributed by atoms with Crippen molar-refractivity contribution in [3.63, 3.8) is 0 Å². The lowest BCUT2D eigenvalue weighted by atomic mass is 10.0. The van der Waals surface area contributed by atoms with E-state index in [0.29, 0.717) is 5.92 Å². The first-order valence-electron chi connectivity index (χ1n) is 7.08. The van der Waals surface area contributed by atoms with Gasteiger partial charge < -0.3 is 15.7 Å². The number of nitrogens with one attached hydrogen (secondary N) is 2. The average Bonchev–Trinajstić information content (AvgIpc) is 2.91. The summed E-state index contributed by atoms with van der Waals surface area (Å²) in [5.41, 5.74) is -0.570. The van der Waals surface area contributed by atoms with Crippen molar-refractivity contribution in [1.82, 2.24) is 5.32 Å². The zero-order chi connectivity index (χ0) is 15.4. The molecule has 114 valence electrons. The summed E-state index contributed by atoms with van der Waals surface area (Å²) < 4.78 is 13.5. The third kappa shape index (κ3) is 3.71. The molecule has 1 aromatic rings. The molecule has 2 rings (SSSR count). The largest absolute Gasteiger partial charge is 0.478 e. The Morgan fingerprint density at radius 1 is 1.33 bits per heavy atom. The normalized spacial score (nSPS) is 16.5. The highest BCUT2D eigenvalue weighted by Gasteiger charge is 2.23. The van der Waals surface area contributed by atoms with Gasteiger partial charge in [0.05, 0.1) is 5.69 Å². The maximum Gasteiger partial charge on any atom is 0.340 e. The Kier molecular flexibility index (Phi) is 4.77. The minimum Gasteiger partial charge on any atom is -0.478 e. The summed E-state index contributed by atoms with van der Waals surface area (Å²) in [7, 11) is 0. The number of aromatic carboxylic acids is 1. The van der Waals surface area contributed by atoms with Gasteiger partial charge in [0.2, 0.25) is 0 Å². The van der Waals surface area contributed by atoms with E-state index in [4.69, 9.17) is 5.11 Å². The predicted octanol–water partition coefficient (Wildman–Crippen LogP) is 3.22. The van der Waals surface area contributed by atoms with Gasteiger partial charge in [-0.05, 0) is 37.8 Å². The van der Waals surface area contributed by atoms with Crippen LogP contribution in [0, 0.1) is 11.7 Å². The van der Waals surface area contributed by atoms with Crippen LogP contribution in [-0.2, 0) is 0 Å². The predicted molar refractivity (Wildman–Crippen MR) is 76.9 cm³/mol. The number of carboxylic acids is 1. The van der Waals surface area contributed by atoms with Gasteiger partial charge in [-0.3, -0.25) is 0 Å². The molecule has 0 aliphatic heterocycles. The number of halogens is 1. The lowest BCUT2D eigenvalue weighted by molar-refractivity contribution is 0.0693. The molecule has 3 N–H and O–H groups in total. The number of carbonyl (C=O) groups is 2. The van der Waals surface area contributed by atoms with Crippen molar-refractivity contribution >= 4 is 17.7 Å². The van der Waals surface area contributed by atoms with Gasteiger partial charge in [0.25, 0.3) is 0 Å². The maximum absolute atomic E-state index is 13.5. The average molecular weight is 294 g/mol. The topological polar surface area (TPSA) is 78.4 Å². The summed E-state index contributed by atoms with van der Waals surface area (Å²) in [6.07, 6.45) is 4.51. The molecule has 1 atom stereocenters. The second-order valence-corrected chi connectivity index (χ2v) is 5.40. The molecule has 1 aromatic carbocycles. The van der Waals surface area contributed by atoms with Crippen LogP contribution in [0.25, 0.3) is 0 Å². The summed E-state index contributed by atoms with van der Waals surface area (Å²) >= 11 is 0. The van der Waals surface area contributed by atoms with Crippen molar-refractivity contribution in [3.8, 4) is 0 Å². The van der Waals surface area contributed by atoms with Gasteiger partial charge in [0.1, 0.15) is 11.4 Å². The zero-order valence-corrected chi connectivity index (χ0v) is 11.9. The Hall–Kier alpha value is -2.11. The molecule has 1 fully saturated rings. The number of carboxylic acid groups (broad SMARTS) is 1. The van der Waals surface area contributed by atoms with E-state index >= 15 is 0 Å². The molecule has 1 aliphatic rings. The molecule has 0 radical (unpaired) electrons. The molecule has 6 heteroatoms. The van der Waals surface area contributed by atoms with E-state index in [-0.39, 0.29) is 11.7 Å². The quantitative estimate of drug-likeness (QED) is 0.797. The minimum atomic E-state index is -1.41. The zero-order valence-electron chi connectivity index (χ0n) is 11.9. The van der Waals surface area contributed by atoms with E-state index in [0.717, 1.165) is 18.9 Å². The first kappa shape index (κ1) is 15.3. The number of carbonyl (C=O) groups excluding carboxylic acids is 1. The van der Waals surface area contributed by atoms with Crippen LogP contribution in [0.2, 0.25) is 0 Å². The number of benzene rings is 1. The van der Waals surface area contributed by atoms with E-state index < -0.39 is 23.4 Å². The van der Waals surface area contributed by atoms with Gasteiger partial charge in [-0.15, -0.1) is 0 Å². The van der Waals surface area contributed by atoms with Gasteiger partial charge in [-0.25, -0.2) is 14.0 Å². The monoisotopic (exact) mass is 294 g/mol. The van der Waals surface area contributed by atoms with Gasteiger partial charge in [-0.1, -0.05) is 18.9 Å². The molecule has 1 saturated carbocycles. The number of hydrogen-bond donors (Lipinski definition) is 3. The van der Waals surface area contributed by atoms with Crippen molar-refractivity contribution in [3.05, 3.63) is 29.6 Å². The molecule has 5 nitrogen and oxygen atoms in total. The minimum absolute atomic E-state index is 0.00865. The van der Waals surface area contributed by atoms with Gasteiger partial charge in [-0.2, -0.15) is 0 Å². The van der Waals surface area contributed by atoms with Crippen molar-refractivity contribution in [2.24, 2.45) is 5.92 Å². The van der Waals surface area contributed by atoms with Crippen LogP contribution in [0.15, 0.2) is 18.2 Å². The van der Waals surface area contributed by atoms with Crippen molar-refractivity contribution in [1.29, 1.82) is 0 Å². The standard InChI is InChI=1S/C15H19FN2O3/c1-9(10-5-2-3-6-10)17-15(21)18-12-8-4-7-11(16)13(12)14(19)20/h4,7-10H,2-3,5-6H2,1H3,(H,19,20)(H2,17,18,21). The highest BCUT2D eigenvalue weighted by atomic mass is 19.1. The smallest absolute Gasteiger partial charge is 0.340 e. The highest BCUT2D eigenvalue weighted by molar-refractivity contribution is 6.00. The summed E-state index contributed by atoms with van der Waals surface area (Å²) in [6, 6.07) is 3.27. The first-order valence-corrected chi connectivity index (χ1v) is 7.08. The van der Waals surface area contributed by atoms with Crippen LogP contribution in [0.4, 0.5) is 14.9 Å². The summed E-state index contributed by atoms with van der Waals surface area (Å²) in [5.74, 6) is -1.83. The van der Waals surface area contributed by atoms with Crippen molar-refractivity contribution in [2.45, 2.75) is 38.6 Å². The SMILES string of the molecule is CC(NC(=O)Nc1cccc(F)c1C(=O)O)C1CCCC1. The van der Waals surface area contributed by atoms with E-state index in [1.807, 2.05) is 6.92 Å². The highest BCUT2D eigenvalue weighted by Crippen LogP contribution is 2.27. The number of anilines is 1. The van der Waals surface area contributed by atoms with Crippen molar-refractivity contribution in [2.75, 3.05) is 5.32 Å². The van der Waals surface area contributed by atoms with Crippen LogP contribution in [0.3, 0.4) is 0 Å². The second-order valence-electron chi connectivity index (χ2n) is 5.40. The molecular weight excluding hydrogens is 275 g/mol. The van der Waals surface area contributed by atoms with E-state index in [1.165, 1.54) is 25.0 Å². The molecule has 0 heterocycles. The molecule has 21 heavy (non-hydrogen) atoms. The van der Waals surface area contributed by atoms with Crippen molar-refractivity contribution < 1.29 is 19.1 Å². The first-order chi connectivity index (χ1) is 9.99. The van der Waals surface area contributed by atoms with Crippen LogP contribution in [-0.4, -0.2) is 23.1 Å². The molecule has 1 unspecified atom stereocenters. The molecule has 1 aliphatic carbocycles. The molecule has 0 aromatic heterocycles. The number of rotatable bonds is 4.